The number of unbranched alkanes of at least 4 members (excludes halogenated alkanes) is 8. The Balaban J connectivity index is 1.76. The number of esters is 1. The zero-order valence-corrected chi connectivity index (χ0v) is 15.9. The SMILES string of the molecule is C=CC(=O)OCCCCCCCCCCC[Se]c1ccccc1. The molecule has 0 saturated carbocycles. The number of rotatable bonds is 14. The number of ether oxygens (including phenoxy) is 1. The van der Waals surface area contributed by atoms with Crippen molar-refractivity contribution in [1.82, 2.24) is 0 Å². The van der Waals surface area contributed by atoms with Gasteiger partial charge in [0.15, 0.2) is 0 Å². The molecule has 2 nitrogen and oxygen atoms in total. The van der Waals surface area contributed by atoms with Gasteiger partial charge in [-0.3, -0.25) is 0 Å². The van der Waals surface area contributed by atoms with Crippen LogP contribution in [0.4, 0.5) is 0 Å². The molecule has 1 rings (SSSR count). The number of carbonyl (C=O) groups is 1. The van der Waals surface area contributed by atoms with Gasteiger partial charge in [-0.1, -0.05) is 6.58 Å². The molecular formula is C20H30O2Se. The molecular weight excluding hydrogens is 351 g/mol. The second kappa shape index (κ2) is 14.5. The summed E-state index contributed by atoms with van der Waals surface area (Å²) >= 11 is 0.663. The van der Waals surface area contributed by atoms with Gasteiger partial charge in [0.25, 0.3) is 0 Å². The molecule has 0 aliphatic rings. The molecule has 1 aromatic carbocycles. The van der Waals surface area contributed by atoms with E-state index in [1.54, 1.807) is 0 Å². The molecule has 128 valence electrons. The molecule has 0 radical (unpaired) electrons. The summed E-state index contributed by atoms with van der Waals surface area (Å²) in [5.41, 5.74) is 0. The Kier molecular flexibility index (Phi) is 12.6. The van der Waals surface area contributed by atoms with Crippen LogP contribution in [-0.2, 0) is 9.53 Å². The van der Waals surface area contributed by atoms with Crippen LogP contribution in [0, 0.1) is 0 Å². The van der Waals surface area contributed by atoms with E-state index in [4.69, 9.17) is 4.74 Å². The fraction of sp³-hybridized carbons (Fsp3) is 0.550. The molecule has 0 atom stereocenters. The molecule has 0 unspecified atom stereocenters. The van der Waals surface area contributed by atoms with Crippen molar-refractivity contribution in [3.05, 3.63) is 43.0 Å². The van der Waals surface area contributed by atoms with Gasteiger partial charge in [0.05, 0.1) is 0 Å². The molecule has 23 heavy (non-hydrogen) atoms. The Labute approximate surface area is 147 Å². The van der Waals surface area contributed by atoms with E-state index in [0.29, 0.717) is 21.6 Å². The molecule has 0 amide bonds. The van der Waals surface area contributed by atoms with Crippen molar-refractivity contribution in [3.8, 4) is 0 Å². The average Bonchev–Trinajstić information content (AvgIpc) is 2.59. The first-order valence-electron chi connectivity index (χ1n) is 8.80. The average molecular weight is 381 g/mol. The number of hydrogen-bond donors (Lipinski definition) is 0. The van der Waals surface area contributed by atoms with Gasteiger partial charge < -0.3 is 0 Å². The summed E-state index contributed by atoms with van der Waals surface area (Å²) in [6.07, 6.45) is 12.8. The van der Waals surface area contributed by atoms with Crippen molar-refractivity contribution in [3.63, 3.8) is 0 Å². The van der Waals surface area contributed by atoms with Crippen LogP contribution in [0.3, 0.4) is 0 Å². The predicted octanol–water partition coefficient (Wildman–Crippen LogP) is 4.67. The molecule has 0 aromatic heterocycles. The summed E-state index contributed by atoms with van der Waals surface area (Å²) in [6.45, 7) is 3.91. The molecule has 0 heterocycles. The van der Waals surface area contributed by atoms with Crippen molar-refractivity contribution >= 4 is 25.4 Å². The van der Waals surface area contributed by atoms with Crippen molar-refractivity contribution in [2.75, 3.05) is 6.61 Å². The van der Waals surface area contributed by atoms with Crippen LogP contribution in [-0.4, -0.2) is 27.5 Å². The fourth-order valence-corrected chi connectivity index (χ4v) is 4.34. The molecule has 0 aliphatic heterocycles. The van der Waals surface area contributed by atoms with Gasteiger partial charge in [-0.25, -0.2) is 4.79 Å². The van der Waals surface area contributed by atoms with Crippen LogP contribution in [0.2, 0.25) is 5.32 Å². The van der Waals surface area contributed by atoms with E-state index in [-0.39, 0.29) is 5.97 Å². The quantitative estimate of drug-likeness (QED) is 0.203. The minimum atomic E-state index is -0.307. The van der Waals surface area contributed by atoms with Crippen molar-refractivity contribution in [1.29, 1.82) is 0 Å². The summed E-state index contributed by atoms with van der Waals surface area (Å²) in [4.78, 5) is 10.8. The molecule has 1 aromatic rings. The first-order valence-corrected chi connectivity index (χ1v) is 10.9. The third-order valence-corrected chi connectivity index (χ3v) is 6.02. The molecule has 0 fully saturated rings. The van der Waals surface area contributed by atoms with Crippen LogP contribution >= 0.6 is 0 Å². The zero-order chi connectivity index (χ0) is 16.6. The second-order valence-corrected chi connectivity index (χ2v) is 8.17. The monoisotopic (exact) mass is 382 g/mol. The van der Waals surface area contributed by atoms with Crippen LogP contribution in [0.1, 0.15) is 57.8 Å². The van der Waals surface area contributed by atoms with Gasteiger partial charge in [-0.2, -0.15) is 0 Å². The minimum absolute atomic E-state index is 0.307. The number of benzene rings is 1. The second-order valence-electron chi connectivity index (χ2n) is 5.72. The standard InChI is InChI=1S/C20H30O2Se/c1-2-20(21)22-17-13-8-6-4-3-5-7-9-14-18-23-19-15-11-10-12-16-19/h2,10-12,15-16H,1,3-9,13-14,17-18H2. The van der Waals surface area contributed by atoms with Gasteiger partial charge >= 0.3 is 130 Å². The summed E-state index contributed by atoms with van der Waals surface area (Å²) in [6, 6.07) is 10.9. The van der Waals surface area contributed by atoms with E-state index in [2.05, 4.69) is 36.9 Å². The molecule has 0 N–H and O–H groups in total. The third kappa shape index (κ3) is 12.1. The Hall–Kier alpha value is -1.05. The van der Waals surface area contributed by atoms with E-state index in [9.17, 15) is 4.79 Å². The van der Waals surface area contributed by atoms with Crippen LogP contribution < -0.4 is 4.46 Å². The molecule has 0 bridgehead atoms. The van der Waals surface area contributed by atoms with E-state index < -0.39 is 0 Å². The normalized spacial score (nSPS) is 10.4. The Morgan fingerprint density at radius 3 is 2.09 bits per heavy atom. The molecule has 0 spiro atoms. The third-order valence-electron chi connectivity index (χ3n) is 3.71. The topological polar surface area (TPSA) is 26.3 Å². The van der Waals surface area contributed by atoms with Crippen molar-refractivity contribution in [2.45, 2.75) is 63.1 Å². The Bertz CT molecular complexity index is 417. The fourth-order valence-electron chi connectivity index (χ4n) is 2.38. The van der Waals surface area contributed by atoms with Crippen molar-refractivity contribution in [2.24, 2.45) is 0 Å². The van der Waals surface area contributed by atoms with E-state index >= 15 is 0 Å². The first-order chi connectivity index (χ1) is 11.3. The summed E-state index contributed by atoms with van der Waals surface area (Å²) in [5.74, 6) is -0.307. The van der Waals surface area contributed by atoms with E-state index in [1.165, 1.54) is 60.8 Å². The van der Waals surface area contributed by atoms with Crippen molar-refractivity contribution < 1.29 is 9.53 Å². The van der Waals surface area contributed by atoms with Gasteiger partial charge in [0.2, 0.25) is 0 Å². The summed E-state index contributed by atoms with van der Waals surface area (Å²) in [5, 5.41) is 1.38. The Morgan fingerprint density at radius 2 is 1.48 bits per heavy atom. The van der Waals surface area contributed by atoms with Gasteiger partial charge in [0.1, 0.15) is 0 Å². The predicted molar refractivity (Wildman–Crippen MR) is 99.3 cm³/mol. The van der Waals surface area contributed by atoms with Crippen LogP contribution in [0.25, 0.3) is 0 Å². The molecule has 0 saturated heterocycles. The summed E-state index contributed by atoms with van der Waals surface area (Å²) < 4.78 is 6.48. The van der Waals surface area contributed by atoms with E-state index in [0.717, 1.165) is 12.8 Å². The summed E-state index contributed by atoms with van der Waals surface area (Å²) in [7, 11) is 0. The van der Waals surface area contributed by atoms with Crippen LogP contribution in [0.15, 0.2) is 43.0 Å². The number of hydrogen-bond acceptors (Lipinski definition) is 2. The molecule has 0 aliphatic carbocycles. The zero-order valence-electron chi connectivity index (χ0n) is 14.2. The van der Waals surface area contributed by atoms with Crippen LogP contribution in [0.5, 0.6) is 0 Å². The van der Waals surface area contributed by atoms with E-state index in [1.807, 2.05) is 0 Å². The van der Waals surface area contributed by atoms with Gasteiger partial charge in [-0.15, -0.1) is 0 Å². The first kappa shape index (κ1) is 20.0. The number of carbonyl (C=O) groups excluding carboxylic acids is 1. The van der Waals surface area contributed by atoms with Gasteiger partial charge in [-0.05, 0) is 0 Å². The maximum absolute atomic E-state index is 10.8. The molecule has 3 heteroatoms. The van der Waals surface area contributed by atoms with Gasteiger partial charge in [0, 0.05) is 6.08 Å². The maximum atomic E-state index is 10.8. The Morgan fingerprint density at radius 1 is 0.913 bits per heavy atom.